The second-order valence-electron chi connectivity index (χ2n) is 8.10. The molecule has 33 heavy (non-hydrogen) atoms. The Balaban J connectivity index is 1.49. The third-order valence-electron chi connectivity index (χ3n) is 5.97. The van der Waals surface area contributed by atoms with E-state index < -0.39 is 25.5 Å². The van der Waals surface area contributed by atoms with Crippen molar-refractivity contribution in [2.45, 2.75) is 35.6 Å². The summed E-state index contributed by atoms with van der Waals surface area (Å²) in [6, 6.07) is 15.5. The van der Waals surface area contributed by atoms with Crippen LogP contribution in [-0.4, -0.2) is 59.9 Å². The van der Waals surface area contributed by atoms with Crippen molar-refractivity contribution < 1.29 is 25.9 Å². The van der Waals surface area contributed by atoms with Crippen LogP contribution in [0, 0.1) is 0 Å². The number of nitrogens with one attached hydrogen (secondary N) is 2. The number of sulfonamides is 1. The summed E-state index contributed by atoms with van der Waals surface area (Å²) < 4.78 is 62.2. The Morgan fingerprint density at radius 2 is 1.73 bits per heavy atom. The summed E-state index contributed by atoms with van der Waals surface area (Å²) in [5, 5.41) is 2.20. The van der Waals surface area contributed by atoms with E-state index >= 15 is 0 Å². The van der Waals surface area contributed by atoms with E-state index in [1.165, 1.54) is 17.7 Å². The fourth-order valence-electron chi connectivity index (χ4n) is 4.28. The van der Waals surface area contributed by atoms with E-state index in [2.05, 4.69) is 11.4 Å². The van der Waals surface area contributed by atoms with Gasteiger partial charge >= 0.3 is 10.1 Å². The van der Waals surface area contributed by atoms with E-state index in [0.717, 1.165) is 12.0 Å². The SMILES string of the molecule is O=S(=O)(NOS(=O)(=O)C(CCC1OCCc2ccccc21)N1CCNCC1)c1ccccc1. The highest BCUT2D eigenvalue weighted by atomic mass is 32.2. The van der Waals surface area contributed by atoms with Crippen molar-refractivity contribution in [1.29, 1.82) is 0 Å². The number of piperazine rings is 1. The van der Waals surface area contributed by atoms with Crippen LogP contribution in [0.1, 0.15) is 30.1 Å². The summed E-state index contributed by atoms with van der Waals surface area (Å²) in [4.78, 5) is 3.54. The predicted molar refractivity (Wildman–Crippen MR) is 123 cm³/mol. The minimum absolute atomic E-state index is 0.0777. The highest BCUT2D eigenvalue weighted by Gasteiger charge is 2.36. The van der Waals surface area contributed by atoms with Crippen LogP contribution in [-0.2, 0) is 35.6 Å². The van der Waals surface area contributed by atoms with Gasteiger partial charge in [-0.25, -0.2) is 8.42 Å². The number of hydrogen-bond donors (Lipinski definition) is 2. The normalized spacial score (nSPS) is 20.8. The molecule has 2 aromatic rings. The fourth-order valence-corrected chi connectivity index (χ4v) is 6.75. The first-order chi connectivity index (χ1) is 15.9. The number of ether oxygens (including phenoxy) is 1. The number of hydrogen-bond acceptors (Lipinski definition) is 8. The lowest BCUT2D eigenvalue weighted by Crippen LogP contribution is -2.52. The largest absolute Gasteiger partial charge is 0.373 e. The second kappa shape index (κ2) is 10.6. The molecular weight excluding hydrogens is 466 g/mol. The molecule has 2 aliphatic rings. The summed E-state index contributed by atoms with van der Waals surface area (Å²) >= 11 is 0. The molecule has 2 N–H and O–H groups in total. The molecule has 0 saturated carbocycles. The van der Waals surface area contributed by atoms with Crippen LogP contribution in [0.2, 0.25) is 0 Å². The van der Waals surface area contributed by atoms with Crippen molar-refractivity contribution >= 4 is 20.1 Å². The van der Waals surface area contributed by atoms with Gasteiger partial charge in [0.2, 0.25) is 0 Å². The van der Waals surface area contributed by atoms with Gasteiger partial charge in [0.25, 0.3) is 10.0 Å². The number of rotatable bonds is 9. The molecule has 2 aromatic carbocycles. The highest BCUT2D eigenvalue weighted by Crippen LogP contribution is 2.32. The van der Waals surface area contributed by atoms with Gasteiger partial charge in [-0.3, -0.25) is 4.90 Å². The molecule has 4 rings (SSSR count). The van der Waals surface area contributed by atoms with Gasteiger partial charge in [0, 0.05) is 26.2 Å². The minimum atomic E-state index is -4.29. The second-order valence-corrected chi connectivity index (χ2v) is 11.4. The van der Waals surface area contributed by atoms with Gasteiger partial charge in [-0.2, -0.15) is 12.7 Å². The predicted octanol–water partition coefficient (Wildman–Crippen LogP) is 1.55. The standard InChI is InChI=1S/C22H29N3O6S2/c26-32(27,19-7-2-1-3-8-19)24-31-33(28,29)22(25-15-13-23-14-16-25)11-10-21-20-9-5-4-6-18(20)12-17-30-21/h1-9,21-24H,10-17H2. The van der Waals surface area contributed by atoms with E-state index in [1.807, 2.05) is 23.1 Å². The van der Waals surface area contributed by atoms with Crippen LogP contribution in [0.25, 0.3) is 0 Å². The van der Waals surface area contributed by atoms with E-state index in [-0.39, 0.29) is 17.4 Å². The topological polar surface area (TPSA) is 114 Å². The Labute approximate surface area is 195 Å². The summed E-state index contributed by atoms with van der Waals surface area (Å²) in [5.74, 6) is 0. The number of benzene rings is 2. The quantitative estimate of drug-likeness (QED) is 0.504. The van der Waals surface area contributed by atoms with Gasteiger partial charge in [-0.1, -0.05) is 47.3 Å². The van der Waals surface area contributed by atoms with Crippen LogP contribution in [0.15, 0.2) is 59.5 Å². The molecule has 11 heteroatoms. The van der Waals surface area contributed by atoms with Crippen LogP contribution in [0.4, 0.5) is 0 Å². The van der Waals surface area contributed by atoms with Crippen molar-refractivity contribution in [3.05, 3.63) is 65.7 Å². The third-order valence-corrected chi connectivity index (χ3v) is 8.79. The van der Waals surface area contributed by atoms with E-state index in [9.17, 15) is 16.8 Å². The Morgan fingerprint density at radius 3 is 2.48 bits per heavy atom. The van der Waals surface area contributed by atoms with Gasteiger partial charge in [-0.15, -0.1) is 0 Å². The van der Waals surface area contributed by atoms with Crippen molar-refractivity contribution in [2.75, 3.05) is 32.8 Å². The molecule has 2 unspecified atom stereocenters. The smallest absolute Gasteiger partial charge is 0.300 e. The molecular formula is C22H29N3O6S2. The van der Waals surface area contributed by atoms with E-state index in [0.29, 0.717) is 39.2 Å². The van der Waals surface area contributed by atoms with Gasteiger partial charge in [0.05, 0.1) is 17.6 Å². The van der Waals surface area contributed by atoms with E-state index in [4.69, 9.17) is 9.02 Å². The zero-order valence-electron chi connectivity index (χ0n) is 18.2. The first-order valence-corrected chi connectivity index (χ1v) is 14.0. The fraction of sp³-hybridized carbons (Fsp3) is 0.455. The van der Waals surface area contributed by atoms with Crippen LogP contribution >= 0.6 is 0 Å². The molecule has 0 amide bonds. The molecule has 0 radical (unpaired) electrons. The van der Waals surface area contributed by atoms with Crippen LogP contribution in [0.5, 0.6) is 0 Å². The van der Waals surface area contributed by atoms with Gasteiger partial charge in [0.1, 0.15) is 5.37 Å². The molecule has 1 saturated heterocycles. The maximum Gasteiger partial charge on any atom is 0.300 e. The highest BCUT2D eigenvalue weighted by molar-refractivity contribution is 7.91. The average molecular weight is 496 g/mol. The van der Waals surface area contributed by atoms with Crippen LogP contribution in [0.3, 0.4) is 0 Å². The molecule has 9 nitrogen and oxygen atoms in total. The maximum absolute atomic E-state index is 13.2. The molecule has 0 spiro atoms. The third kappa shape index (κ3) is 5.99. The molecule has 1 fully saturated rings. The molecule has 0 aliphatic carbocycles. The monoisotopic (exact) mass is 495 g/mol. The van der Waals surface area contributed by atoms with Crippen molar-refractivity contribution in [1.82, 2.24) is 15.1 Å². The van der Waals surface area contributed by atoms with E-state index in [1.54, 1.807) is 23.1 Å². The maximum atomic E-state index is 13.2. The lowest BCUT2D eigenvalue weighted by molar-refractivity contribution is 0.0310. The van der Waals surface area contributed by atoms with Gasteiger partial charge in [-0.05, 0) is 42.5 Å². The first kappa shape index (κ1) is 24.3. The van der Waals surface area contributed by atoms with Crippen LogP contribution < -0.4 is 10.2 Å². The summed E-state index contributed by atoms with van der Waals surface area (Å²) in [5.41, 5.74) is 2.29. The number of nitrogens with zero attached hydrogens (tertiary/aromatic N) is 1. The lowest BCUT2D eigenvalue weighted by Gasteiger charge is -2.35. The Morgan fingerprint density at radius 1 is 1.03 bits per heavy atom. The Kier molecular flexibility index (Phi) is 7.80. The first-order valence-electron chi connectivity index (χ1n) is 11.0. The molecule has 0 bridgehead atoms. The van der Waals surface area contributed by atoms with Crippen molar-refractivity contribution in [3.63, 3.8) is 0 Å². The Bertz CT molecular complexity index is 1140. The Hall–Kier alpha value is -1.86. The lowest BCUT2D eigenvalue weighted by atomic mass is 9.95. The zero-order valence-corrected chi connectivity index (χ0v) is 19.9. The molecule has 2 aliphatic heterocycles. The molecule has 2 heterocycles. The van der Waals surface area contributed by atoms with Crippen molar-refractivity contribution in [2.24, 2.45) is 0 Å². The summed E-state index contributed by atoms with van der Waals surface area (Å²) in [6.45, 7) is 2.90. The van der Waals surface area contributed by atoms with Crippen molar-refractivity contribution in [3.8, 4) is 0 Å². The molecule has 180 valence electrons. The molecule has 2 atom stereocenters. The van der Waals surface area contributed by atoms with Gasteiger partial charge < -0.3 is 10.1 Å². The minimum Gasteiger partial charge on any atom is -0.373 e. The summed E-state index contributed by atoms with van der Waals surface area (Å²) in [6.07, 6.45) is 1.33. The van der Waals surface area contributed by atoms with Gasteiger partial charge in [0.15, 0.2) is 0 Å². The summed E-state index contributed by atoms with van der Waals surface area (Å²) in [7, 11) is -8.43. The average Bonchev–Trinajstić information content (AvgIpc) is 2.84. The zero-order chi connectivity index (χ0) is 23.3. The molecule has 0 aromatic heterocycles. The number of fused-ring (bicyclic) bond motifs is 1.